The Kier molecular flexibility index (Phi) is 8.14. The first-order valence-corrected chi connectivity index (χ1v) is 9.35. The minimum atomic E-state index is -0.253. The van der Waals surface area contributed by atoms with E-state index < -0.39 is 0 Å². The zero-order valence-corrected chi connectivity index (χ0v) is 16.4. The van der Waals surface area contributed by atoms with Crippen molar-refractivity contribution in [2.24, 2.45) is 0 Å². The molecule has 0 heterocycles. The summed E-state index contributed by atoms with van der Waals surface area (Å²) in [5, 5.41) is 5.92. The molecule has 2 aromatic rings. The number of carbonyl (C=O) groups excluding carboxylic acids is 2. The van der Waals surface area contributed by atoms with Gasteiger partial charge in [0.15, 0.2) is 0 Å². The van der Waals surface area contributed by atoms with Gasteiger partial charge in [0.25, 0.3) is 5.91 Å². The van der Waals surface area contributed by atoms with Gasteiger partial charge in [-0.15, -0.1) is 0 Å². The molecule has 0 atom stereocenters. The van der Waals surface area contributed by atoms with Crippen molar-refractivity contribution in [3.63, 3.8) is 0 Å². The summed E-state index contributed by atoms with van der Waals surface area (Å²) in [6.45, 7) is 5.21. The molecule has 0 radical (unpaired) electrons. The molecule has 27 heavy (non-hydrogen) atoms. The van der Waals surface area contributed by atoms with Crippen molar-refractivity contribution in [2.75, 3.05) is 19.7 Å². The standard InChI is InChI=1S/C21H25ClN2O3/c1-15-7-5-8-16(2)20(15)27-14-6-11-19(25)23-12-13-24-21(26)17-9-3-4-10-18(17)22/h3-5,7-10H,6,11-14H2,1-2H3,(H,23,25)(H,24,26). The van der Waals surface area contributed by atoms with E-state index in [0.717, 1.165) is 16.9 Å². The number of hydrogen-bond acceptors (Lipinski definition) is 3. The van der Waals surface area contributed by atoms with Crippen molar-refractivity contribution in [3.8, 4) is 5.75 Å². The number of nitrogens with one attached hydrogen (secondary N) is 2. The Labute approximate surface area is 165 Å². The van der Waals surface area contributed by atoms with Crippen molar-refractivity contribution >= 4 is 23.4 Å². The number of halogens is 1. The predicted molar refractivity (Wildman–Crippen MR) is 107 cm³/mol. The van der Waals surface area contributed by atoms with Crippen LogP contribution >= 0.6 is 11.6 Å². The molecule has 0 aliphatic rings. The van der Waals surface area contributed by atoms with Crippen molar-refractivity contribution in [3.05, 3.63) is 64.2 Å². The van der Waals surface area contributed by atoms with E-state index in [-0.39, 0.29) is 11.8 Å². The third-order valence-electron chi connectivity index (χ3n) is 4.05. The highest BCUT2D eigenvalue weighted by Crippen LogP contribution is 2.22. The van der Waals surface area contributed by atoms with Gasteiger partial charge < -0.3 is 15.4 Å². The normalized spacial score (nSPS) is 10.3. The molecule has 2 amide bonds. The Morgan fingerprint density at radius 2 is 1.63 bits per heavy atom. The summed E-state index contributed by atoms with van der Waals surface area (Å²) in [5.74, 6) is 0.573. The maximum Gasteiger partial charge on any atom is 0.252 e. The van der Waals surface area contributed by atoms with Crippen LogP contribution in [0.2, 0.25) is 5.02 Å². The molecule has 0 aliphatic heterocycles. The molecular formula is C21H25ClN2O3. The summed E-state index contributed by atoms with van der Waals surface area (Å²) in [6.07, 6.45) is 1.01. The van der Waals surface area contributed by atoms with Crippen LogP contribution in [0.1, 0.15) is 34.3 Å². The molecule has 0 saturated carbocycles. The lowest BCUT2D eigenvalue weighted by molar-refractivity contribution is -0.121. The third kappa shape index (κ3) is 6.61. The molecular weight excluding hydrogens is 364 g/mol. The van der Waals surface area contributed by atoms with Crippen LogP contribution < -0.4 is 15.4 Å². The molecule has 0 saturated heterocycles. The molecule has 2 aromatic carbocycles. The first kappa shape index (κ1) is 20.8. The lowest BCUT2D eigenvalue weighted by atomic mass is 10.1. The van der Waals surface area contributed by atoms with E-state index in [9.17, 15) is 9.59 Å². The average molecular weight is 389 g/mol. The van der Waals surface area contributed by atoms with Crippen LogP contribution in [-0.2, 0) is 4.79 Å². The number of benzene rings is 2. The minimum absolute atomic E-state index is 0.0629. The van der Waals surface area contributed by atoms with Gasteiger partial charge >= 0.3 is 0 Å². The molecule has 0 bridgehead atoms. The second-order valence-corrected chi connectivity index (χ2v) is 6.67. The Balaban J connectivity index is 1.60. The summed E-state index contributed by atoms with van der Waals surface area (Å²) in [4.78, 5) is 23.8. The topological polar surface area (TPSA) is 67.4 Å². The van der Waals surface area contributed by atoms with Gasteiger partial charge in [0.2, 0.25) is 5.91 Å². The van der Waals surface area contributed by atoms with E-state index in [4.69, 9.17) is 16.3 Å². The van der Waals surface area contributed by atoms with Gasteiger partial charge in [-0.25, -0.2) is 0 Å². The summed E-state index contributed by atoms with van der Waals surface area (Å²) in [5.41, 5.74) is 2.61. The number of ether oxygens (including phenoxy) is 1. The smallest absolute Gasteiger partial charge is 0.252 e. The maximum atomic E-state index is 12.0. The number of aryl methyl sites for hydroxylation is 2. The van der Waals surface area contributed by atoms with Crippen LogP contribution in [0.5, 0.6) is 5.75 Å². The summed E-state index contributed by atoms with van der Waals surface area (Å²) >= 11 is 5.97. The van der Waals surface area contributed by atoms with E-state index in [1.165, 1.54) is 0 Å². The number of para-hydroxylation sites is 1. The van der Waals surface area contributed by atoms with Gasteiger partial charge in [0.1, 0.15) is 5.75 Å². The number of carbonyl (C=O) groups is 2. The maximum absolute atomic E-state index is 12.0. The molecule has 5 nitrogen and oxygen atoms in total. The molecule has 0 unspecified atom stereocenters. The van der Waals surface area contributed by atoms with Gasteiger partial charge in [0.05, 0.1) is 17.2 Å². The Bertz CT molecular complexity index is 772. The van der Waals surface area contributed by atoms with Crippen LogP contribution in [0, 0.1) is 13.8 Å². The second kappa shape index (κ2) is 10.6. The molecule has 0 fully saturated rings. The van der Waals surface area contributed by atoms with Crippen LogP contribution in [0.3, 0.4) is 0 Å². The highest BCUT2D eigenvalue weighted by molar-refractivity contribution is 6.33. The molecule has 0 spiro atoms. The average Bonchev–Trinajstić information content (AvgIpc) is 2.64. The lowest BCUT2D eigenvalue weighted by Crippen LogP contribution is -2.34. The fraction of sp³-hybridized carbons (Fsp3) is 0.333. The number of rotatable bonds is 9. The Hall–Kier alpha value is -2.53. The van der Waals surface area contributed by atoms with Crippen LogP contribution in [0.25, 0.3) is 0 Å². The summed E-state index contributed by atoms with van der Waals surface area (Å²) in [7, 11) is 0. The SMILES string of the molecule is Cc1cccc(C)c1OCCCC(=O)NCCNC(=O)c1ccccc1Cl. The number of hydrogen-bond donors (Lipinski definition) is 2. The summed E-state index contributed by atoms with van der Waals surface area (Å²) < 4.78 is 5.79. The van der Waals surface area contributed by atoms with Crippen molar-refractivity contribution < 1.29 is 14.3 Å². The molecule has 2 rings (SSSR count). The van der Waals surface area contributed by atoms with Crippen LogP contribution in [-0.4, -0.2) is 31.5 Å². The fourth-order valence-electron chi connectivity index (χ4n) is 2.64. The molecule has 144 valence electrons. The zero-order valence-electron chi connectivity index (χ0n) is 15.7. The van der Waals surface area contributed by atoms with E-state index >= 15 is 0 Å². The zero-order chi connectivity index (χ0) is 19.6. The van der Waals surface area contributed by atoms with E-state index in [2.05, 4.69) is 10.6 Å². The monoisotopic (exact) mass is 388 g/mol. The van der Waals surface area contributed by atoms with Gasteiger partial charge in [-0.2, -0.15) is 0 Å². The molecule has 2 N–H and O–H groups in total. The van der Waals surface area contributed by atoms with Gasteiger partial charge in [-0.05, 0) is 43.5 Å². The molecule has 0 aliphatic carbocycles. The first-order chi connectivity index (χ1) is 13.0. The van der Waals surface area contributed by atoms with Crippen LogP contribution in [0.15, 0.2) is 42.5 Å². The van der Waals surface area contributed by atoms with Gasteiger partial charge in [0, 0.05) is 19.5 Å². The Morgan fingerprint density at radius 3 is 2.33 bits per heavy atom. The molecule has 0 aromatic heterocycles. The fourth-order valence-corrected chi connectivity index (χ4v) is 2.86. The van der Waals surface area contributed by atoms with Gasteiger partial charge in [-0.3, -0.25) is 9.59 Å². The Morgan fingerprint density at radius 1 is 0.963 bits per heavy atom. The van der Waals surface area contributed by atoms with E-state index in [1.54, 1.807) is 24.3 Å². The highest BCUT2D eigenvalue weighted by Gasteiger charge is 2.09. The van der Waals surface area contributed by atoms with E-state index in [1.807, 2.05) is 32.0 Å². The lowest BCUT2D eigenvalue weighted by Gasteiger charge is -2.12. The third-order valence-corrected chi connectivity index (χ3v) is 4.38. The van der Waals surface area contributed by atoms with E-state index in [0.29, 0.717) is 43.1 Å². The van der Waals surface area contributed by atoms with Gasteiger partial charge in [-0.1, -0.05) is 41.9 Å². The quantitative estimate of drug-likeness (QED) is 0.644. The van der Waals surface area contributed by atoms with Crippen molar-refractivity contribution in [2.45, 2.75) is 26.7 Å². The van der Waals surface area contributed by atoms with Crippen LogP contribution in [0.4, 0.5) is 0 Å². The number of amides is 2. The van der Waals surface area contributed by atoms with Crippen molar-refractivity contribution in [1.29, 1.82) is 0 Å². The highest BCUT2D eigenvalue weighted by atomic mass is 35.5. The molecule has 6 heteroatoms. The first-order valence-electron chi connectivity index (χ1n) is 8.97. The predicted octanol–water partition coefficient (Wildman–Crippen LogP) is 3.66. The minimum Gasteiger partial charge on any atom is -0.493 e. The largest absolute Gasteiger partial charge is 0.493 e. The second-order valence-electron chi connectivity index (χ2n) is 6.26. The summed E-state index contributed by atoms with van der Waals surface area (Å²) in [6, 6.07) is 12.9. The van der Waals surface area contributed by atoms with Crippen molar-refractivity contribution in [1.82, 2.24) is 10.6 Å².